The summed E-state index contributed by atoms with van der Waals surface area (Å²) in [5, 5.41) is 10.7. The van der Waals surface area contributed by atoms with Gasteiger partial charge in [-0.25, -0.2) is 4.39 Å². The van der Waals surface area contributed by atoms with Gasteiger partial charge < -0.3 is 10.0 Å². The molecule has 1 aromatic rings. The summed E-state index contributed by atoms with van der Waals surface area (Å²) in [6.07, 6.45) is 3.23. The first kappa shape index (κ1) is 14.8. The number of piperidine rings is 1. The molecule has 0 bridgehead atoms. The zero-order chi connectivity index (χ0) is 13.9. The first-order valence-corrected chi connectivity index (χ1v) is 7.29. The van der Waals surface area contributed by atoms with Gasteiger partial charge in [-0.05, 0) is 43.5 Å². The van der Waals surface area contributed by atoms with E-state index in [4.69, 9.17) is 11.6 Å². The van der Waals surface area contributed by atoms with E-state index in [0.29, 0.717) is 6.42 Å². The number of aliphatic hydroxyl groups is 1. The second-order valence-electron chi connectivity index (χ2n) is 5.49. The summed E-state index contributed by atoms with van der Waals surface area (Å²) >= 11 is 5.78. The van der Waals surface area contributed by atoms with Gasteiger partial charge >= 0.3 is 0 Å². The molecular weight excluding hydrogens is 265 g/mol. The van der Waals surface area contributed by atoms with Crippen LogP contribution in [-0.4, -0.2) is 35.2 Å². The number of hydrogen-bond donors (Lipinski definition) is 1. The van der Waals surface area contributed by atoms with Crippen molar-refractivity contribution in [3.8, 4) is 0 Å². The zero-order valence-corrected chi connectivity index (χ0v) is 12.1. The Bertz CT molecular complexity index is 430. The van der Waals surface area contributed by atoms with Crippen molar-refractivity contribution < 1.29 is 9.50 Å². The van der Waals surface area contributed by atoms with Gasteiger partial charge in [-0.3, -0.25) is 0 Å². The largest absolute Gasteiger partial charge is 0.389 e. The number of halogens is 2. The average Bonchev–Trinajstić information content (AvgIpc) is 2.37. The predicted molar refractivity (Wildman–Crippen MR) is 76.0 cm³/mol. The van der Waals surface area contributed by atoms with Crippen LogP contribution in [0, 0.1) is 5.82 Å². The van der Waals surface area contributed by atoms with E-state index in [0.717, 1.165) is 44.5 Å². The van der Waals surface area contributed by atoms with Crippen LogP contribution in [0.5, 0.6) is 0 Å². The fourth-order valence-electron chi connectivity index (χ4n) is 2.72. The normalized spacial score (nSPS) is 19.6. The van der Waals surface area contributed by atoms with E-state index in [1.807, 2.05) is 0 Å². The molecule has 0 atom stereocenters. The molecule has 0 saturated carbocycles. The molecule has 1 aliphatic rings. The lowest BCUT2D eigenvalue weighted by Crippen LogP contribution is -2.45. The van der Waals surface area contributed by atoms with Gasteiger partial charge in [0.25, 0.3) is 0 Å². The standard InChI is InChI=1S/C15H21ClFNO/c1-2-7-18-8-5-15(19,6-9-18)11-12-3-4-14(17)13(16)10-12/h3-4,10,19H,2,5-9,11H2,1H3. The minimum atomic E-state index is -0.675. The van der Waals surface area contributed by atoms with Gasteiger partial charge in [0, 0.05) is 19.5 Å². The van der Waals surface area contributed by atoms with Gasteiger partial charge in [0.1, 0.15) is 5.82 Å². The van der Waals surface area contributed by atoms with Crippen LogP contribution in [0.3, 0.4) is 0 Å². The molecule has 1 aromatic carbocycles. The monoisotopic (exact) mass is 285 g/mol. The Morgan fingerprint density at radius 3 is 2.63 bits per heavy atom. The van der Waals surface area contributed by atoms with Gasteiger partial charge in [0.15, 0.2) is 0 Å². The number of likely N-dealkylation sites (tertiary alicyclic amines) is 1. The summed E-state index contributed by atoms with van der Waals surface area (Å²) in [6.45, 7) is 5.12. The van der Waals surface area contributed by atoms with Crippen LogP contribution in [-0.2, 0) is 6.42 Å². The summed E-state index contributed by atoms with van der Waals surface area (Å²) in [7, 11) is 0. The molecule has 4 heteroatoms. The van der Waals surface area contributed by atoms with Crippen LogP contribution >= 0.6 is 11.6 Å². The maximum absolute atomic E-state index is 13.1. The van der Waals surface area contributed by atoms with E-state index < -0.39 is 11.4 Å². The molecule has 1 fully saturated rings. The molecule has 0 amide bonds. The summed E-state index contributed by atoms with van der Waals surface area (Å²) in [5.74, 6) is -0.407. The van der Waals surface area contributed by atoms with Gasteiger partial charge in [-0.1, -0.05) is 24.6 Å². The van der Waals surface area contributed by atoms with Crippen molar-refractivity contribution in [2.45, 2.75) is 38.2 Å². The third-order valence-electron chi connectivity index (χ3n) is 3.84. The third-order valence-corrected chi connectivity index (χ3v) is 4.13. The van der Waals surface area contributed by atoms with Crippen LogP contribution in [0.2, 0.25) is 5.02 Å². The second kappa shape index (κ2) is 6.21. The summed E-state index contributed by atoms with van der Waals surface area (Å²) in [6, 6.07) is 4.69. The molecule has 0 unspecified atom stereocenters. The summed E-state index contributed by atoms with van der Waals surface area (Å²) < 4.78 is 13.1. The summed E-state index contributed by atoms with van der Waals surface area (Å²) in [5.41, 5.74) is 0.226. The second-order valence-corrected chi connectivity index (χ2v) is 5.90. The number of benzene rings is 1. The molecule has 0 aliphatic carbocycles. The van der Waals surface area contributed by atoms with Crippen molar-refractivity contribution in [3.63, 3.8) is 0 Å². The minimum Gasteiger partial charge on any atom is -0.389 e. The Balaban J connectivity index is 1.96. The van der Waals surface area contributed by atoms with Crippen molar-refractivity contribution in [2.75, 3.05) is 19.6 Å². The first-order chi connectivity index (χ1) is 9.02. The number of nitrogens with zero attached hydrogens (tertiary/aromatic N) is 1. The van der Waals surface area contributed by atoms with Crippen molar-refractivity contribution in [1.29, 1.82) is 0 Å². The lowest BCUT2D eigenvalue weighted by molar-refractivity contribution is -0.0205. The maximum atomic E-state index is 13.1. The van der Waals surface area contributed by atoms with Crippen molar-refractivity contribution in [2.24, 2.45) is 0 Å². The van der Waals surface area contributed by atoms with Crippen molar-refractivity contribution >= 4 is 11.6 Å². The molecule has 1 saturated heterocycles. The minimum absolute atomic E-state index is 0.129. The molecule has 1 heterocycles. The molecule has 19 heavy (non-hydrogen) atoms. The molecule has 106 valence electrons. The van der Waals surface area contributed by atoms with Crippen LogP contribution in [0.25, 0.3) is 0 Å². The van der Waals surface area contributed by atoms with E-state index in [1.165, 1.54) is 6.07 Å². The van der Waals surface area contributed by atoms with Gasteiger partial charge in [0.05, 0.1) is 10.6 Å². The van der Waals surface area contributed by atoms with E-state index in [-0.39, 0.29) is 5.02 Å². The Labute approximate surface area is 119 Å². The van der Waals surface area contributed by atoms with E-state index in [9.17, 15) is 9.50 Å². The molecule has 0 aromatic heterocycles. The Morgan fingerprint density at radius 1 is 1.37 bits per heavy atom. The molecule has 1 aliphatic heterocycles. The van der Waals surface area contributed by atoms with E-state index >= 15 is 0 Å². The molecular formula is C15H21ClFNO. The van der Waals surface area contributed by atoms with Crippen LogP contribution < -0.4 is 0 Å². The van der Waals surface area contributed by atoms with Gasteiger partial charge in [-0.15, -0.1) is 0 Å². The van der Waals surface area contributed by atoms with Crippen LogP contribution in [0.1, 0.15) is 31.7 Å². The molecule has 2 nitrogen and oxygen atoms in total. The van der Waals surface area contributed by atoms with Crippen LogP contribution in [0.4, 0.5) is 4.39 Å². The van der Waals surface area contributed by atoms with E-state index in [1.54, 1.807) is 12.1 Å². The fourth-order valence-corrected chi connectivity index (χ4v) is 2.92. The predicted octanol–water partition coefficient (Wildman–Crippen LogP) is 3.26. The third kappa shape index (κ3) is 3.91. The van der Waals surface area contributed by atoms with Crippen molar-refractivity contribution in [3.05, 3.63) is 34.6 Å². The van der Waals surface area contributed by atoms with Gasteiger partial charge in [0.2, 0.25) is 0 Å². The topological polar surface area (TPSA) is 23.5 Å². The molecule has 2 rings (SSSR count). The maximum Gasteiger partial charge on any atom is 0.141 e. The highest BCUT2D eigenvalue weighted by Crippen LogP contribution is 2.28. The highest BCUT2D eigenvalue weighted by molar-refractivity contribution is 6.30. The summed E-state index contributed by atoms with van der Waals surface area (Å²) in [4.78, 5) is 2.38. The zero-order valence-electron chi connectivity index (χ0n) is 11.3. The lowest BCUT2D eigenvalue weighted by atomic mass is 9.85. The lowest BCUT2D eigenvalue weighted by Gasteiger charge is -2.38. The SMILES string of the molecule is CCCN1CCC(O)(Cc2ccc(F)c(Cl)c2)CC1. The average molecular weight is 286 g/mol. The highest BCUT2D eigenvalue weighted by atomic mass is 35.5. The molecule has 1 N–H and O–H groups in total. The molecule has 0 spiro atoms. The number of rotatable bonds is 4. The quantitative estimate of drug-likeness (QED) is 0.918. The van der Waals surface area contributed by atoms with Gasteiger partial charge in [-0.2, -0.15) is 0 Å². The Hall–Kier alpha value is -0.640. The Morgan fingerprint density at radius 2 is 2.05 bits per heavy atom. The molecule has 0 radical (unpaired) electrons. The van der Waals surface area contributed by atoms with E-state index in [2.05, 4.69) is 11.8 Å². The highest BCUT2D eigenvalue weighted by Gasteiger charge is 2.32. The fraction of sp³-hybridized carbons (Fsp3) is 0.600. The van der Waals surface area contributed by atoms with Crippen molar-refractivity contribution in [1.82, 2.24) is 4.90 Å². The first-order valence-electron chi connectivity index (χ1n) is 6.91. The Kier molecular flexibility index (Phi) is 4.82. The van der Waals surface area contributed by atoms with Crippen LogP contribution in [0.15, 0.2) is 18.2 Å². The number of hydrogen-bond acceptors (Lipinski definition) is 2. The smallest absolute Gasteiger partial charge is 0.141 e.